The van der Waals surface area contributed by atoms with E-state index in [2.05, 4.69) is 26.0 Å². The van der Waals surface area contributed by atoms with Crippen molar-refractivity contribution in [1.29, 1.82) is 0 Å². The number of nitrogens with zero attached hydrogens (tertiary/aromatic N) is 1. The number of phosphoric ester groups is 1. The van der Waals surface area contributed by atoms with Gasteiger partial charge in [0.05, 0.1) is 33.9 Å². The second-order valence-electron chi connectivity index (χ2n) is 16.6. The molecule has 5 atom stereocenters. The first kappa shape index (κ1) is 50.0. The molecule has 1 aliphatic carbocycles. The lowest BCUT2D eigenvalue weighted by molar-refractivity contribution is -0.870. The van der Waals surface area contributed by atoms with Crippen molar-refractivity contribution in [2.24, 2.45) is 5.92 Å². The predicted molar refractivity (Wildman–Crippen MR) is 222 cm³/mol. The molecule has 1 heterocycles. The third-order valence-corrected chi connectivity index (χ3v) is 11.2. The van der Waals surface area contributed by atoms with Gasteiger partial charge in [0.2, 0.25) is 0 Å². The number of quaternary nitrogens is 1. The molecule has 1 aliphatic heterocycles. The molecule has 2 aliphatic rings. The minimum Gasteiger partial charge on any atom is -0.462 e. The molecular formula is C44H77NO10P+. The van der Waals surface area contributed by atoms with Crippen LogP contribution in [0.3, 0.4) is 0 Å². The third-order valence-electron chi connectivity index (χ3n) is 10.2. The molecule has 3 unspecified atom stereocenters. The van der Waals surface area contributed by atoms with Crippen molar-refractivity contribution in [2.45, 2.75) is 173 Å². The van der Waals surface area contributed by atoms with Gasteiger partial charge in [0.1, 0.15) is 25.9 Å². The first-order valence-electron chi connectivity index (χ1n) is 21.9. The minimum atomic E-state index is -4.43. The lowest BCUT2D eigenvalue weighted by atomic mass is 9.96. The molecule has 0 aromatic heterocycles. The molecule has 12 heteroatoms. The Balaban J connectivity index is 1.74. The molecule has 0 radical (unpaired) electrons. The van der Waals surface area contributed by atoms with Crippen LogP contribution in [-0.2, 0) is 42.2 Å². The van der Waals surface area contributed by atoms with Crippen LogP contribution in [-0.4, -0.2) is 92.9 Å². The Hall–Kier alpha value is -2.14. The van der Waals surface area contributed by atoms with Crippen LogP contribution < -0.4 is 0 Å². The summed E-state index contributed by atoms with van der Waals surface area (Å²) in [4.78, 5) is 48.1. The van der Waals surface area contributed by atoms with Crippen LogP contribution >= 0.6 is 7.82 Å². The number of phosphoric acid groups is 1. The van der Waals surface area contributed by atoms with Gasteiger partial charge in [-0.1, -0.05) is 122 Å². The molecule has 2 rings (SSSR count). The van der Waals surface area contributed by atoms with Crippen molar-refractivity contribution in [3.63, 3.8) is 0 Å². The number of hydrogen-bond acceptors (Lipinski definition) is 9. The number of esters is 2. The van der Waals surface area contributed by atoms with Crippen molar-refractivity contribution in [3.05, 3.63) is 36.0 Å². The van der Waals surface area contributed by atoms with E-state index in [1.54, 1.807) is 6.08 Å². The molecule has 0 spiro atoms. The number of unbranched alkanes of at least 4 members (excludes halogenated alkanes) is 15. The Morgan fingerprint density at radius 3 is 2.07 bits per heavy atom. The molecule has 0 saturated carbocycles. The first-order valence-corrected chi connectivity index (χ1v) is 23.3. The van der Waals surface area contributed by atoms with Crippen molar-refractivity contribution in [2.75, 3.05) is 47.5 Å². The highest BCUT2D eigenvalue weighted by Gasteiger charge is 2.38. The zero-order valence-corrected chi connectivity index (χ0v) is 36.5. The van der Waals surface area contributed by atoms with Gasteiger partial charge in [-0.25, -0.2) is 4.57 Å². The second-order valence-corrected chi connectivity index (χ2v) is 18.0. The van der Waals surface area contributed by atoms with E-state index in [0.29, 0.717) is 30.3 Å². The van der Waals surface area contributed by atoms with Crippen LogP contribution in [0.4, 0.5) is 0 Å². The largest absolute Gasteiger partial charge is 0.472 e. The van der Waals surface area contributed by atoms with Crippen molar-refractivity contribution in [1.82, 2.24) is 0 Å². The van der Waals surface area contributed by atoms with E-state index < -0.39 is 32.5 Å². The number of rotatable bonds is 35. The highest BCUT2D eigenvalue weighted by atomic mass is 31.2. The molecule has 1 saturated heterocycles. The highest BCUT2D eigenvalue weighted by molar-refractivity contribution is 7.47. The van der Waals surface area contributed by atoms with E-state index in [1.165, 1.54) is 77.0 Å². The van der Waals surface area contributed by atoms with Crippen molar-refractivity contribution < 1.29 is 51.6 Å². The maximum atomic E-state index is 12.8. The lowest BCUT2D eigenvalue weighted by Crippen LogP contribution is -2.37. The molecular weight excluding hydrogens is 733 g/mol. The fourth-order valence-electron chi connectivity index (χ4n) is 6.58. The number of ether oxygens (including phenoxy) is 3. The van der Waals surface area contributed by atoms with E-state index >= 15 is 0 Å². The molecule has 322 valence electrons. The maximum Gasteiger partial charge on any atom is 0.472 e. The van der Waals surface area contributed by atoms with Crippen molar-refractivity contribution in [3.8, 4) is 0 Å². The smallest absolute Gasteiger partial charge is 0.462 e. The molecule has 0 aromatic carbocycles. The van der Waals surface area contributed by atoms with Gasteiger partial charge in [-0.3, -0.25) is 23.4 Å². The van der Waals surface area contributed by atoms with Crippen LogP contribution in [0.1, 0.15) is 155 Å². The van der Waals surface area contributed by atoms with Gasteiger partial charge >= 0.3 is 19.8 Å². The van der Waals surface area contributed by atoms with Crippen molar-refractivity contribution >= 4 is 25.5 Å². The summed E-state index contributed by atoms with van der Waals surface area (Å²) in [5.74, 6) is -0.865. The summed E-state index contributed by atoms with van der Waals surface area (Å²) in [5, 5.41) is 0. The van der Waals surface area contributed by atoms with E-state index in [1.807, 2.05) is 33.3 Å². The van der Waals surface area contributed by atoms with Crippen LogP contribution in [0.25, 0.3) is 0 Å². The number of carbonyl (C=O) groups is 3. The van der Waals surface area contributed by atoms with Gasteiger partial charge in [-0.15, -0.1) is 0 Å². The quantitative estimate of drug-likeness (QED) is 0.0125. The fraction of sp³-hybridized carbons (Fsp3) is 0.795. The van der Waals surface area contributed by atoms with E-state index in [9.17, 15) is 23.8 Å². The molecule has 0 aromatic rings. The van der Waals surface area contributed by atoms with E-state index in [4.69, 9.17) is 23.3 Å². The number of carbonyl (C=O) groups excluding carboxylic acids is 3. The van der Waals surface area contributed by atoms with E-state index in [-0.39, 0.29) is 50.0 Å². The van der Waals surface area contributed by atoms with Crippen LogP contribution in [0.2, 0.25) is 0 Å². The Labute approximate surface area is 339 Å². The number of hydrogen-bond donors (Lipinski definition) is 1. The molecule has 1 N–H and O–H groups in total. The van der Waals surface area contributed by atoms with Crippen LogP contribution in [0.15, 0.2) is 36.0 Å². The van der Waals surface area contributed by atoms with Gasteiger partial charge < -0.3 is 23.6 Å². The molecule has 56 heavy (non-hydrogen) atoms. The minimum absolute atomic E-state index is 0.00173. The average Bonchev–Trinajstić information content (AvgIpc) is 3.80. The monoisotopic (exact) mass is 811 g/mol. The average molecular weight is 811 g/mol. The van der Waals surface area contributed by atoms with Gasteiger partial charge in [0.15, 0.2) is 11.9 Å². The van der Waals surface area contributed by atoms with Gasteiger partial charge in [0, 0.05) is 24.3 Å². The Kier molecular flexibility index (Phi) is 26.0. The number of likely N-dealkylation sites (N-methyl/N-ethyl adjacent to an activating group) is 1. The predicted octanol–water partition coefficient (Wildman–Crippen LogP) is 9.91. The molecule has 0 bridgehead atoms. The Morgan fingerprint density at radius 1 is 0.821 bits per heavy atom. The maximum absolute atomic E-state index is 12.8. The summed E-state index contributed by atoms with van der Waals surface area (Å²) >= 11 is 0. The van der Waals surface area contributed by atoms with Crippen LogP contribution in [0, 0.1) is 5.92 Å². The summed E-state index contributed by atoms with van der Waals surface area (Å²) in [6.45, 7) is 4.16. The number of allylic oxidation sites excluding steroid dienone is 5. The van der Waals surface area contributed by atoms with Crippen LogP contribution in [0.5, 0.6) is 0 Å². The summed E-state index contributed by atoms with van der Waals surface area (Å²) in [7, 11) is 1.36. The fourth-order valence-corrected chi connectivity index (χ4v) is 7.32. The summed E-state index contributed by atoms with van der Waals surface area (Å²) in [6, 6.07) is 0. The SMILES string of the molecule is CCCCC/C=C\C[C@H]1C=CC(=O)/C1=C/C1OC1CCCC(=O)O[C@H](COC(=O)CCCCCCCCCCCCCCC)COP(=O)(O)OCC[N+](C)(C)C. The summed E-state index contributed by atoms with van der Waals surface area (Å²) in [6.07, 6.45) is 31.1. The molecule has 11 nitrogen and oxygen atoms in total. The second kappa shape index (κ2) is 29.1. The van der Waals surface area contributed by atoms with Gasteiger partial charge in [-0.05, 0) is 50.7 Å². The molecule has 0 amide bonds. The van der Waals surface area contributed by atoms with E-state index in [0.717, 1.165) is 37.7 Å². The first-order chi connectivity index (χ1) is 26.8. The Bertz CT molecular complexity index is 1260. The third kappa shape index (κ3) is 25.3. The number of epoxide rings is 1. The zero-order chi connectivity index (χ0) is 41.1. The lowest BCUT2D eigenvalue weighted by Gasteiger charge is -2.24. The number of ketones is 1. The summed E-state index contributed by atoms with van der Waals surface area (Å²) in [5.41, 5.74) is 0.768. The normalized spacial score (nSPS) is 20.5. The Morgan fingerprint density at radius 2 is 1.43 bits per heavy atom. The topological polar surface area (TPSA) is 138 Å². The molecule has 1 fully saturated rings. The highest BCUT2D eigenvalue weighted by Crippen LogP contribution is 2.43. The van der Waals surface area contributed by atoms with Gasteiger partial charge in [-0.2, -0.15) is 0 Å². The summed E-state index contributed by atoms with van der Waals surface area (Å²) < 4.78 is 40.1. The standard InChI is InChI=1S/C44H76NO10P/c1-6-8-10-12-14-15-16-17-18-19-20-22-24-28-43(47)51-35-38(36-53-56(49,50)52-33-32-45(3,4)5)54-44(48)29-25-27-41-42(55-41)34-39-37(30-31-40(39)46)26-23-21-13-11-9-7-2/h21,23,30-31,34,37-38,41-42H,6-20,22,24-29,32-33,35-36H2,1-5H3/p+1/b23-21-,39-34+/t37-,38+,41?,42?/m0/s1. The zero-order valence-electron chi connectivity index (χ0n) is 35.6. The van der Waals surface area contributed by atoms with Gasteiger partial charge in [0.25, 0.3) is 0 Å².